The molecule has 1 aromatic heterocycles. The molecule has 1 atom stereocenters. The summed E-state index contributed by atoms with van der Waals surface area (Å²) in [5, 5.41) is 3.11. The van der Waals surface area contributed by atoms with Gasteiger partial charge < -0.3 is 20.7 Å². The van der Waals surface area contributed by atoms with Crippen LogP contribution in [0, 0.1) is 0 Å². The van der Waals surface area contributed by atoms with Gasteiger partial charge in [0.25, 0.3) is 5.91 Å². The number of aromatic nitrogens is 2. The zero-order valence-electron chi connectivity index (χ0n) is 14.1. The number of carbonyl (C=O) groups is 1. The molecule has 1 aromatic carbocycles. The summed E-state index contributed by atoms with van der Waals surface area (Å²) in [5.41, 5.74) is 6.03. The smallest absolute Gasteiger partial charge is 0.251 e. The monoisotopic (exact) mass is 341 g/mol. The lowest BCUT2D eigenvalue weighted by atomic mass is 10.0. The molecular weight excluding hydrogens is 318 g/mol. The average Bonchev–Trinajstić information content (AvgIpc) is 2.67. The van der Waals surface area contributed by atoms with Gasteiger partial charge in [0, 0.05) is 43.6 Å². The fourth-order valence-corrected chi connectivity index (χ4v) is 2.93. The Labute approximate surface area is 147 Å². The summed E-state index contributed by atoms with van der Waals surface area (Å²) in [6.07, 6.45) is 7.05. The Morgan fingerprint density at radius 2 is 2.32 bits per heavy atom. The first-order valence-corrected chi connectivity index (χ1v) is 8.51. The second-order valence-electron chi connectivity index (χ2n) is 5.99. The fraction of sp³-hybridized carbons (Fsp3) is 0.389. The number of carbonyl (C=O) groups excluding carboxylic acids is 1. The molecule has 0 unspecified atom stereocenters. The van der Waals surface area contributed by atoms with Gasteiger partial charge in [-0.25, -0.2) is 4.98 Å². The van der Waals surface area contributed by atoms with Crippen molar-refractivity contribution in [1.82, 2.24) is 15.3 Å². The van der Waals surface area contributed by atoms with Gasteiger partial charge in [-0.3, -0.25) is 9.78 Å². The molecule has 25 heavy (non-hydrogen) atoms. The number of hydrogen-bond donors (Lipinski definition) is 2. The maximum atomic E-state index is 12.5. The maximum absolute atomic E-state index is 12.5. The van der Waals surface area contributed by atoms with Gasteiger partial charge in [-0.15, -0.1) is 0 Å². The summed E-state index contributed by atoms with van der Waals surface area (Å²) in [4.78, 5) is 23.2. The Morgan fingerprint density at radius 1 is 1.40 bits per heavy atom. The molecule has 0 spiro atoms. The van der Waals surface area contributed by atoms with Gasteiger partial charge in [0.2, 0.25) is 0 Å². The van der Waals surface area contributed by atoms with E-state index in [0.717, 1.165) is 31.7 Å². The number of nitrogens with zero attached hydrogens (tertiary/aromatic N) is 3. The van der Waals surface area contributed by atoms with Gasteiger partial charge in [0.05, 0.1) is 6.20 Å². The van der Waals surface area contributed by atoms with Crippen LogP contribution >= 0.6 is 0 Å². The second kappa shape index (κ2) is 8.43. The van der Waals surface area contributed by atoms with Crippen LogP contribution in [0.2, 0.25) is 0 Å². The second-order valence-corrected chi connectivity index (χ2v) is 5.99. The number of nitrogens with one attached hydrogen (secondary N) is 1. The standard InChI is InChI=1S/C18H23N5O2/c19-6-10-25-16-5-1-3-14(11-16)18(24)22-15-4-2-9-23(13-15)17-12-20-7-8-21-17/h1,3,5,7-8,11-12,15H,2,4,6,9-10,13,19H2,(H,22,24)/t15-/m0/s1. The number of hydrogen-bond acceptors (Lipinski definition) is 6. The lowest BCUT2D eigenvalue weighted by molar-refractivity contribution is 0.0932. The minimum absolute atomic E-state index is 0.0804. The highest BCUT2D eigenvalue weighted by Gasteiger charge is 2.23. The van der Waals surface area contributed by atoms with Crippen LogP contribution in [0.15, 0.2) is 42.9 Å². The Morgan fingerprint density at radius 3 is 3.12 bits per heavy atom. The van der Waals surface area contributed by atoms with Crippen molar-refractivity contribution in [1.29, 1.82) is 0 Å². The van der Waals surface area contributed by atoms with Crippen molar-refractivity contribution in [2.45, 2.75) is 18.9 Å². The molecule has 1 amide bonds. The maximum Gasteiger partial charge on any atom is 0.251 e. The molecule has 0 radical (unpaired) electrons. The van der Waals surface area contributed by atoms with Crippen LogP contribution in [0.5, 0.6) is 5.75 Å². The third-order valence-electron chi connectivity index (χ3n) is 4.11. The van der Waals surface area contributed by atoms with Gasteiger partial charge >= 0.3 is 0 Å². The van der Waals surface area contributed by atoms with Crippen LogP contribution in [-0.4, -0.2) is 48.2 Å². The molecule has 0 saturated carbocycles. The van der Waals surface area contributed by atoms with E-state index in [1.165, 1.54) is 0 Å². The predicted molar refractivity (Wildman–Crippen MR) is 95.7 cm³/mol. The zero-order valence-corrected chi connectivity index (χ0v) is 14.1. The molecule has 1 aliphatic rings. The van der Waals surface area contributed by atoms with Crippen LogP contribution in [-0.2, 0) is 0 Å². The number of rotatable bonds is 6. The quantitative estimate of drug-likeness (QED) is 0.820. The van der Waals surface area contributed by atoms with Crippen molar-refractivity contribution < 1.29 is 9.53 Å². The zero-order chi connectivity index (χ0) is 17.5. The first kappa shape index (κ1) is 17.2. The molecule has 1 saturated heterocycles. The SMILES string of the molecule is NCCOc1cccc(C(=O)N[C@H]2CCCN(c3cnccn3)C2)c1. The van der Waals surface area contributed by atoms with E-state index >= 15 is 0 Å². The van der Waals surface area contributed by atoms with E-state index < -0.39 is 0 Å². The van der Waals surface area contributed by atoms with E-state index in [0.29, 0.717) is 24.5 Å². The number of anilines is 1. The van der Waals surface area contributed by atoms with Gasteiger partial charge in [-0.1, -0.05) is 6.07 Å². The molecule has 3 N–H and O–H groups in total. The summed E-state index contributed by atoms with van der Waals surface area (Å²) in [5.74, 6) is 1.41. The van der Waals surface area contributed by atoms with Crippen molar-refractivity contribution in [3.63, 3.8) is 0 Å². The molecule has 132 valence electrons. The van der Waals surface area contributed by atoms with Gasteiger partial charge in [-0.2, -0.15) is 0 Å². The third-order valence-corrected chi connectivity index (χ3v) is 4.11. The summed E-state index contributed by atoms with van der Waals surface area (Å²) < 4.78 is 5.48. The fourth-order valence-electron chi connectivity index (χ4n) is 2.93. The Bertz CT molecular complexity index is 695. The van der Waals surface area contributed by atoms with Gasteiger partial charge in [-0.05, 0) is 31.0 Å². The van der Waals surface area contributed by atoms with Gasteiger partial charge in [0.1, 0.15) is 18.2 Å². The highest BCUT2D eigenvalue weighted by molar-refractivity contribution is 5.94. The number of nitrogens with two attached hydrogens (primary N) is 1. The molecule has 3 rings (SSSR count). The van der Waals surface area contributed by atoms with Crippen LogP contribution in [0.3, 0.4) is 0 Å². The average molecular weight is 341 g/mol. The number of amides is 1. The summed E-state index contributed by atoms with van der Waals surface area (Å²) in [6, 6.07) is 7.25. The van der Waals surface area contributed by atoms with Crippen LogP contribution < -0.4 is 20.7 Å². The largest absolute Gasteiger partial charge is 0.492 e. The topological polar surface area (TPSA) is 93.4 Å². The molecule has 7 heteroatoms. The van der Waals surface area contributed by atoms with E-state index in [1.807, 2.05) is 12.1 Å². The lowest BCUT2D eigenvalue weighted by Gasteiger charge is -2.33. The summed E-state index contributed by atoms with van der Waals surface area (Å²) >= 11 is 0. The Balaban J connectivity index is 1.60. The van der Waals surface area contributed by atoms with E-state index in [2.05, 4.69) is 20.2 Å². The highest BCUT2D eigenvalue weighted by Crippen LogP contribution is 2.18. The van der Waals surface area contributed by atoms with Crippen molar-refractivity contribution in [3.8, 4) is 5.75 Å². The van der Waals surface area contributed by atoms with E-state index in [1.54, 1.807) is 30.7 Å². The van der Waals surface area contributed by atoms with Crippen molar-refractivity contribution in [2.75, 3.05) is 31.1 Å². The molecule has 1 aliphatic heterocycles. The van der Waals surface area contributed by atoms with E-state index in [9.17, 15) is 4.79 Å². The molecule has 0 aliphatic carbocycles. The normalized spacial score (nSPS) is 17.2. The predicted octanol–water partition coefficient (Wildman–Crippen LogP) is 1.21. The van der Waals surface area contributed by atoms with Gasteiger partial charge in [0.15, 0.2) is 0 Å². The summed E-state index contributed by atoms with van der Waals surface area (Å²) in [7, 11) is 0. The van der Waals surface area contributed by atoms with Crippen molar-refractivity contribution in [3.05, 3.63) is 48.4 Å². The van der Waals surface area contributed by atoms with Crippen molar-refractivity contribution in [2.24, 2.45) is 5.73 Å². The number of piperidine rings is 1. The summed E-state index contributed by atoms with van der Waals surface area (Å²) in [6.45, 7) is 2.53. The third kappa shape index (κ3) is 4.67. The molecule has 7 nitrogen and oxygen atoms in total. The Hall–Kier alpha value is -2.67. The molecule has 1 fully saturated rings. The minimum Gasteiger partial charge on any atom is -0.492 e. The first-order chi connectivity index (χ1) is 12.3. The Kier molecular flexibility index (Phi) is 5.79. The van der Waals surface area contributed by atoms with Crippen LogP contribution in [0.25, 0.3) is 0 Å². The molecule has 2 heterocycles. The van der Waals surface area contributed by atoms with Crippen molar-refractivity contribution >= 4 is 11.7 Å². The first-order valence-electron chi connectivity index (χ1n) is 8.51. The molecule has 0 bridgehead atoms. The molecular formula is C18H23N5O2. The van der Waals surface area contributed by atoms with Crippen LogP contribution in [0.4, 0.5) is 5.82 Å². The minimum atomic E-state index is -0.0933. The van der Waals surface area contributed by atoms with Crippen LogP contribution in [0.1, 0.15) is 23.2 Å². The molecule has 2 aromatic rings. The van der Waals surface area contributed by atoms with E-state index in [-0.39, 0.29) is 11.9 Å². The number of benzene rings is 1. The highest BCUT2D eigenvalue weighted by atomic mass is 16.5. The lowest BCUT2D eigenvalue weighted by Crippen LogP contribution is -2.48. The van der Waals surface area contributed by atoms with E-state index in [4.69, 9.17) is 10.5 Å². The number of ether oxygens (including phenoxy) is 1.